The Bertz CT molecular complexity index is 144. The Balaban J connectivity index is 0.000000720. The van der Waals surface area contributed by atoms with Gasteiger partial charge in [0, 0.05) is 25.7 Å². The largest absolute Gasteiger partial charge is 0.374 e. The van der Waals surface area contributed by atoms with Crippen LogP contribution in [-0.4, -0.2) is 43.3 Å². The lowest BCUT2D eigenvalue weighted by Gasteiger charge is -2.32. The van der Waals surface area contributed by atoms with E-state index in [9.17, 15) is 0 Å². The molecule has 13 heavy (non-hydrogen) atoms. The fourth-order valence-corrected chi connectivity index (χ4v) is 1.66. The monoisotopic (exact) mass is 228 g/mol. The summed E-state index contributed by atoms with van der Waals surface area (Å²) < 4.78 is 5.47. The molecule has 1 unspecified atom stereocenters. The Morgan fingerprint density at radius 3 is 2.54 bits per heavy atom. The van der Waals surface area contributed by atoms with Gasteiger partial charge in [-0.2, -0.15) is 0 Å². The lowest BCUT2D eigenvalue weighted by molar-refractivity contribution is -0.0261. The molecule has 0 spiro atoms. The van der Waals surface area contributed by atoms with E-state index in [2.05, 4.69) is 4.90 Å². The van der Waals surface area contributed by atoms with Crippen molar-refractivity contribution in [3.05, 3.63) is 0 Å². The van der Waals surface area contributed by atoms with E-state index in [0.29, 0.717) is 12.6 Å². The van der Waals surface area contributed by atoms with Gasteiger partial charge in [-0.1, -0.05) is 0 Å². The van der Waals surface area contributed by atoms with Gasteiger partial charge in [-0.05, 0) is 12.8 Å². The molecule has 2 aliphatic rings. The van der Waals surface area contributed by atoms with Crippen molar-refractivity contribution in [2.75, 3.05) is 26.2 Å². The molecule has 0 aromatic heterocycles. The number of halogens is 2. The maximum absolute atomic E-state index is 5.53. The fourth-order valence-electron chi connectivity index (χ4n) is 1.66. The minimum Gasteiger partial charge on any atom is -0.374 e. The molecule has 2 N–H and O–H groups in total. The minimum absolute atomic E-state index is 0. The molecular weight excluding hydrogens is 211 g/mol. The van der Waals surface area contributed by atoms with Crippen molar-refractivity contribution >= 4 is 24.8 Å². The highest BCUT2D eigenvalue weighted by Gasteiger charge is 2.32. The molecule has 5 heteroatoms. The summed E-state index contributed by atoms with van der Waals surface area (Å²) in [6.45, 7) is 3.71. The van der Waals surface area contributed by atoms with Crippen LogP contribution in [0.15, 0.2) is 0 Å². The molecule has 0 aromatic rings. The van der Waals surface area contributed by atoms with Gasteiger partial charge in [0.2, 0.25) is 0 Å². The van der Waals surface area contributed by atoms with Gasteiger partial charge in [0.1, 0.15) is 0 Å². The van der Waals surface area contributed by atoms with Gasteiger partial charge in [0.15, 0.2) is 0 Å². The van der Waals surface area contributed by atoms with Crippen molar-refractivity contribution in [2.45, 2.75) is 25.0 Å². The maximum atomic E-state index is 5.53. The average molecular weight is 229 g/mol. The van der Waals surface area contributed by atoms with Gasteiger partial charge in [0.05, 0.1) is 12.7 Å². The van der Waals surface area contributed by atoms with Crippen LogP contribution in [0, 0.1) is 0 Å². The highest BCUT2D eigenvalue weighted by Crippen LogP contribution is 2.27. The second-order valence-corrected chi connectivity index (χ2v) is 3.45. The quantitative estimate of drug-likeness (QED) is 0.755. The van der Waals surface area contributed by atoms with Gasteiger partial charge in [-0.15, -0.1) is 24.8 Å². The normalized spacial score (nSPS) is 28.8. The Morgan fingerprint density at radius 1 is 1.31 bits per heavy atom. The molecular formula is C8H18Cl2N2O. The molecule has 2 rings (SSSR count). The highest BCUT2D eigenvalue weighted by molar-refractivity contribution is 5.85. The molecule has 1 aliphatic carbocycles. The molecule has 0 radical (unpaired) electrons. The molecule has 80 valence electrons. The topological polar surface area (TPSA) is 38.5 Å². The van der Waals surface area contributed by atoms with Crippen LogP contribution in [0.1, 0.15) is 12.8 Å². The zero-order valence-corrected chi connectivity index (χ0v) is 9.28. The molecule has 0 bridgehead atoms. The maximum Gasteiger partial charge on any atom is 0.0824 e. The Labute approximate surface area is 91.8 Å². The number of nitrogens with zero attached hydrogens (tertiary/aromatic N) is 1. The number of morpholine rings is 1. The molecule has 1 saturated carbocycles. The first kappa shape index (κ1) is 13.5. The number of ether oxygens (including phenoxy) is 1. The molecule has 3 nitrogen and oxygen atoms in total. The summed E-state index contributed by atoms with van der Waals surface area (Å²) in [6, 6.07) is 0.868. The van der Waals surface area contributed by atoms with Crippen LogP contribution < -0.4 is 5.73 Å². The van der Waals surface area contributed by atoms with Crippen LogP contribution in [-0.2, 0) is 4.74 Å². The highest BCUT2D eigenvalue weighted by atomic mass is 35.5. The molecule has 1 aliphatic heterocycles. The number of nitrogens with two attached hydrogens (primary N) is 1. The van der Waals surface area contributed by atoms with Crippen molar-refractivity contribution in [1.82, 2.24) is 4.90 Å². The number of rotatable bonds is 2. The SMILES string of the molecule is Cl.Cl.NCC1CN(C2CC2)CCO1. The van der Waals surface area contributed by atoms with Gasteiger partial charge >= 0.3 is 0 Å². The summed E-state index contributed by atoms with van der Waals surface area (Å²) >= 11 is 0. The van der Waals surface area contributed by atoms with Gasteiger partial charge in [-0.3, -0.25) is 4.90 Å². The van der Waals surface area contributed by atoms with Crippen molar-refractivity contribution in [3.63, 3.8) is 0 Å². The Kier molecular flexibility index (Phi) is 6.25. The first-order chi connectivity index (χ1) is 5.40. The van der Waals surface area contributed by atoms with Crippen molar-refractivity contribution in [3.8, 4) is 0 Å². The van der Waals surface area contributed by atoms with Crippen LogP contribution in [0.25, 0.3) is 0 Å². The smallest absolute Gasteiger partial charge is 0.0824 e. The summed E-state index contributed by atoms with van der Waals surface area (Å²) in [5, 5.41) is 0. The minimum atomic E-state index is 0. The van der Waals surface area contributed by atoms with Crippen molar-refractivity contribution in [1.29, 1.82) is 0 Å². The van der Waals surface area contributed by atoms with Crippen LogP contribution in [0.4, 0.5) is 0 Å². The first-order valence-electron chi connectivity index (χ1n) is 4.46. The summed E-state index contributed by atoms with van der Waals surface area (Å²) in [6.07, 6.45) is 3.07. The third kappa shape index (κ3) is 3.60. The van der Waals surface area contributed by atoms with E-state index in [1.54, 1.807) is 0 Å². The molecule has 1 atom stereocenters. The Morgan fingerprint density at radius 2 is 2.00 bits per heavy atom. The summed E-state index contributed by atoms with van der Waals surface area (Å²) in [7, 11) is 0. The second-order valence-electron chi connectivity index (χ2n) is 3.45. The average Bonchev–Trinajstić information content (AvgIpc) is 2.87. The van der Waals surface area contributed by atoms with Gasteiger partial charge < -0.3 is 10.5 Å². The van der Waals surface area contributed by atoms with Gasteiger partial charge in [0.25, 0.3) is 0 Å². The van der Waals surface area contributed by atoms with E-state index in [1.807, 2.05) is 0 Å². The zero-order valence-electron chi connectivity index (χ0n) is 7.65. The van der Waals surface area contributed by atoms with Crippen LogP contribution in [0.5, 0.6) is 0 Å². The fraction of sp³-hybridized carbons (Fsp3) is 1.00. The predicted molar refractivity (Wildman–Crippen MR) is 57.9 cm³/mol. The third-order valence-electron chi connectivity index (χ3n) is 2.50. The first-order valence-corrected chi connectivity index (χ1v) is 4.46. The standard InChI is InChI=1S/C8H16N2O.2ClH/c9-5-8-6-10(3-4-11-8)7-1-2-7;;/h7-8H,1-6,9H2;2*1H. The van der Waals surface area contributed by atoms with E-state index in [0.717, 1.165) is 25.7 Å². The van der Waals surface area contributed by atoms with E-state index in [4.69, 9.17) is 10.5 Å². The van der Waals surface area contributed by atoms with Gasteiger partial charge in [-0.25, -0.2) is 0 Å². The van der Waals surface area contributed by atoms with E-state index >= 15 is 0 Å². The summed E-state index contributed by atoms with van der Waals surface area (Å²) in [5.41, 5.74) is 5.53. The van der Waals surface area contributed by atoms with E-state index in [-0.39, 0.29) is 24.8 Å². The molecule has 1 heterocycles. The van der Waals surface area contributed by atoms with Crippen LogP contribution >= 0.6 is 24.8 Å². The number of hydrogen-bond acceptors (Lipinski definition) is 3. The zero-order chi connectivity index (χ0) is 7.68. The van der Waals surface area contributed by atoms with Crippen molar-refractivity contribution in [2.24, 2.45) is 5.73 Å². The predicted octanol–water partition coefficient (Wildman–Crippen LogP) is 0.652. The second kappa shape index (κ2) is 6.04. The van der Waals surface area contributed by atoms with E-state index in [1.165, 1.54) is 12.8 Å². The lowest BCUT2D eigenvalue weighted by atomic mass is 10.2. The van der Waals surface area contributed by atoms with Crippen LogP contribution in [0.3, 0.4) is 0 Å². The van der Waals surface area contributed by atoms with Crippen molar-refractivity contribution < 1.29 is 4.74 Å². The number of hydrogen-bond donors (Lipinski definition) is 1. The molecule has 2 fully saturated rings. The molecule has 1 saturated heterocycles. The lowest BCUT2D eigenvalue weighted by Crippen LogP contribution is -2.46. The molecule has 0 aromatic carbocycles. The Hall–Kier alpha value is 0.460. The molecule has 0 amide bonds. The summed E-state index contributed by atoms with van der Waals surface area (Å²) in [4.78, 5) is 2.51. The summed E-state index contributed by atoms with van der Waals surface area (Å²) in [5.74, 6) is 0. The van der Waals surface area contributed by atoms with Crippen LogP contribution in [0.2, 0.25) is 0 Å². The van der Waals surface area contributed by atoms with E-state index < -0.39 is 0 Å². The third-order valence-corrected chi connectivity index (χ3v) is 2.50.